The van der Waals surface area contributed by atoms with Crippen molar-refractivity contribution in [3.63, 3.8) is 0 Å². The Morgan fingerprint density at radius 1 is 1.04 bits per heavy atom. The van der Waals surface area contributed by atoms with Gasteiger partial charge in [0.1, 0.15) is 18.5 Å². The zero-order valence-electron chi connectivity index (χ0n) is 27.9. The van der Waals surface area contributed by atoms with Gasteiger partial charge in [-0.05, 0) is 48.9 Å². The molecule has 1 unspecified atom stereocenters. The van der Waals surface area contributed by atoms with Crippen LogP contribution in [0.4, 0.5) is 14.6 Å². The molecule has 0 spiro atoms. The van der Waals surface area contributed by atoms with E-state index in [0.717, 1.165) is 5.69 Å². The molecule has 1 aliphatic rings. The Morgan fingerprint density at radius 3 is 2.47 bits per heavy atom. The van der Waals surface area contributed by atoms with Crippen molar-refractivity contribution < 1.29 is 45.7 Å². The fourth-order valence-electron chi connectivity index (χ4n) is 5.44. The zero-order valence-corrected chi connectivity index (χ0v) is 28.7. The number of carbonyl (C=O) groups excluding carboxylic acids is 2. The molecule has 4 aromatic rings. The molecule has 0 aliphatic carbocycles. The largest absolute Gasteiger partial charge is 0.472 e. The molecular weight excluding hydrogens is 690 g/mol. The van der Waals surface area contributed by atoms with Gasteiger partial charge < -0.3 is 29.2 Å². The third-order valence-electron chi connectivity index (χ3n) is 8.01. The average molecular weight is 729 g/mol. The Labute approximate surface area is 293 Å². The topological polar surface area (TPSA) is 164 Å². The van der Waals surface area contributed by atoms with Gasteiger partial charge >= 0.3 is 12.6 Å². The van der Waals surface area contributed by atoms with Gasteiger partial charge in [0.05, 0.1) is 66.5 Å². The van der Waals surface area contributed by atoms with E-state index in [4.69, 9.17) is 14.2 Å². The van der Waals surface area contributed by atoms with Gasteiger partial charge in [-0.2, -0.15) is 13.9 Å². The maximum atomic E-state index is 13.4. The van der Waals surface area contributed by atoms with Gasteiger partial charge in [0.2, 0.25) is 5.88 Å². The third kappa shape index (κ3) is 10.0. The molecule has 0 radical (unpaired) electrons. The van der Waals surface area contributed by atoms with Crippen molar-refractivity contribution in [2.45, 2.75) is 50.0 Å². The smallest absolute Gasteiger partial charge is 0.345 e. The predicted octanol–water partition coefficient (Wildman–Crippen LogP) is 3.77. The van der Waals surface area contributed by atoms with Crippen molar-refractivity contribution in [1.82, 2.24) is 25.1 Å². The van der Waals surface area contributed by atoms with Crippen LogP contribution in [0.25, 0.3) is 5.69 Å². The summed E-state index contributed by atoms with van der Waals surface area (Å²) in [5.41, 5.74) is 1.48. The van der Waals surface area contributed by atoms with Crippen molar-refractivity contribution in [2.24, 2.45) is 0 Å². The molecule has 3 aromatic heterocycles. The van der Waals surface area contributed by atoms with E-state index in [-0.39, 0.29) is 42.6 Å². The average Bonchev–Trinajstić information content (AvgIpc) is 3.82. The summed E-state index contributed by atoms with van der Waals surface area (Å²) in [6.07, 6.45) is 6.34. The number of aromatic nitrogens is 4. The van der Waals surface area contributed by atoms with Gasteiger partial charge in [-0.15, -0.1) is 0 Å². The summed E-state index contributed by atoms with van der Waals surface area (Å²) in [5, 5.41) is 7.02. The summed E-state index contributed by atoms with van der Waals surface area (Å²) in [7, 11) is -3.44. The van der Waals surface area contributed by atoms with Crippen LogP contribution in [0.5, 0.6) is 5.88 Å². The summed E-state index contributed by atoms with van der Waals surface area (Å²) in [6.45, 7) is -0.00345. The lowest BCUT2D eigenvalue weighted by Crippen LogP contribution is -2.35. The number of anilines is 1. The predicted molar refractivity (Wildman–Crippen MR) is 180 cm³/mol. The Balaban J connectivity index is 1.27. The van der Waals surface area contributed by atoms with Crippen LogP contribution in [0, 0.1) is 0 Å². The van der Waals surface area contributed by atoms with Crippen LogP contribution in [0.1, 0.15) is 42.2 Å². The monoisotopic (exact) mass is 728 g/mol. The summed E-state index contributed by atoms with van der Waals surface area (Å²) in [4.78, 5) is 35.9. The van der Waals surface area contributed by atoms with E-state index < -0.39 is 46.5 Å². The first-order valence-corrected chi connectivity index (χ1v) is 17.8. The van der Waals surface area contributed by atoms with Crippen LogP contribution in [-0.2, 0) is 28.8 Å². The van der Waals surface area contributed by atoms with E-state index in [2.05, 4.69) is 25.1 Å². The number of pyridine rings is 2. The Bertz CT molecular complexity index is 1830. The first kappa shape index (κ1) is 37.3. The number of amides is 1. The highest BCUT2D eigenvalue weighted by atomic mass is 32.2. The van der Waals surface area contributed by atoms with Crippen LogP contribution >= 0.6 is 0 Å². The second-order valence-corrected chi connectivity index (χ2v) is 13.7. The summed E-state index contributed by atoms with van der Waals surface area (Å²) < 4.78 is 73.4. The molecular formula is C34H38F2N6O8S. The van der Waals surface area contributed by atoms with Crippen molar-refractivity contribution in [3.05, 3.63) is 90.5 Å². The van der Waals surface area contributed by atoms with E-state index in [0.29, 0.717) is 30.2 Å². The lowest BCUT2D eigenvalue weighted by molar-refractivity contribution is -0.148. The fourth-order valence-corrected chi connectivity index (χ4v) is 6.33. The second kappa shape index (κ2) is 17.3. The normalized spacial score (nSPS) is 16.6. The first-order valence-electron chi connectivity index (χ1n) is 16.2. The summed E-state index contributed by atoms with van der Waals surface area (Å²) >= 11 is 0. The summed E-state index contributed by atoms with van der Waals surface area (Å²) in [6, 6.07) is 13.2. The van der Waals surface area contributed by atoms with E-state index in [1.165, 1.54) is 18.3 Å². The number of sulfone groups is 1. The number of carbonyl (C=O) groups is 2. The van der Waals surface area contributed by atoms with E-state index >= 15 is 0 Å². The number of nitrogens with one attached hydrogen (secondary N) is 1. The number of hydrogen-bond acceptors (Lipinski definition) is 12. The molecule has 4 heterocycles. The highest BCUT2D eigenvalue weighted by molar-refractivity contribution is 7.91. The lowest BCUT2D eigenvalue weighted by atomic mass is 10.1. The molecule has 1 N–H and O–H groups in total. The lowest BCUT2D eigenvalue weighted by Gasteiger charge is -2.25. The maximum Gasteiger partial charge on any atom is 0.345 e. The molecule has 0 saturated carbocycles. The highest BCUT2D eigenvalue weighted by Gasteiger charge is 2.35. The Kier molecular flexibility index (Phi) is 12.6. The number of ether oxygens (including phenoxy) is 4. The van der Waals surface area contributed by atoms with Crippen molar-refractivity contribution >= 4 is 27.5 Å². The number of halogens is 2. The molecule has 14 nitrogen and oxygen atoms in total. The SMILES string of the molecule is CCOC(=O)COCC(NC(=O)c1ccc(N2C[C@@H](Oc3ccc(-n4cccn4)cn3)C[C@H]2COC(F)F)nc1)c1ccc(S(=O)(=O)CC)cc1. The standard InChI is InChI=1S/C34H38F2N6O8S/c1-3-48-32(43)22-47-21-29(23-6-10-28(11-7-23)51(45,46)4-2)40-33(44)24-8-12-30(37-17-24)41-19-27(16-26(41)20-49-34(35)36)50-31-13-9-25(18-38-31)42-15-5-14-39-42/h5-15,17-18,26-27,29,34H,3-4,16,19-22H2,1-2H3,(H,40,44)/t26-,27-,29?/m0/s1. The van der Waals surface area contributed by atoms with Gasteiger partial charge in [-0.25, -0.2) is 27.9 Å². The molecule has 0 bridgehead atoms. The van der Waals surface area contributed by atoms with Crippen LogP contribution in [0.3, 0.4) is 0 Å². The molecule has 1 amide bonds. The minimum absolute atomic E-state index is 0.0678. The zero-order chi connectivity index (χ0) is 36.4. The minimum Gasteiger partial charge on any atom is -0.472 e. The number of rotatable bonds is 17. The second-order valence-electron chi connectivity index (χ2n) is 11.4. The van der Waals surface area contributed by atoms with Crippen LogP contribution in [0.15, 0.2) is 84.3 Å². The van der Waals surface area contributed by atoms with Gasteiger partial charge in [-0.3, -0.25) is 4.79 Å². The molecule has 272 valence electrons. The van der Waals surface area contributed by atoms with Crippen molar-refractivity contribution in [1.29, 1.82) is 0 Å². The molecule has 17 heteroatoms. The van der Waals surface area contributed by atoms with Crippen molar-refractivity contribution in [3.8, 4) is 11.6 Å². The van der Waals surface area contributed by atoms with Crippen LogP contribution in [-0.4, -0.2) is 97.5 Å². The van der Waals surface area contributed by atoms with E-state index in [9.17, 15) is 26.8 Å². The van der Waals surface area contributed by atoms with E-state index in [1.54, 1.807) is 84.5 Å². The molecule has 1 fully saturated rings. The number of nitrogens with zero attached hydrogens (tertiary/aromatic N) is 5. The summed E-state index contributed by atoms with van der Waals surface area (Å²) in [5.74, 6) is -0.382. The Hall–Kier alpha value is -5.00. The number of alkyl halides is 2. The van der Waals surface area contributed by atoms with Crippen molar-refractivity contribution in [2.75, 3.05) is 43.6 Å². The highest BCUT2D eigenvalue weighted by Crippen LogP contribution is 2.28. The molecule has 1 aromatic carbocycles. The van der Waals surface area contributed by atoms with Gasteiger partial charge in [0, 0.05) is 31.1 Å². The molecule has 3 atom stereocenters. The minimum atomic E-state index is -3.44. The Morgan fingerprint density at radius 2 is 1.84 bits per heavy atom. The van der Waals surface area contributed by atoms with Crippen LogP contribution < -0.4 is 15.0 Å². The van der Waals surface area contributed by atoms with Gasteiger partial charge in [0.25, 0.3) is 5.91 Å². The fraction of sp³-hybridized carbons (Fsp3) is 0.382. The number of hydrogen-bond donors (Lipinski definition) is 1. The number of esters is 1. The quantitative estimate of drug-likeness (QED) is 0.157. The van der Waals surface area contributed by atoms with E-state index in [1.807, 2.05) is 0 Å². The molecule has 51 heavy (non-hydrogen) atoms. The first-order chi connectivity index (χ1) is 24.6. The van der Waals surface area contributed by atoms with Gasteiger partial charge in [0.15, 0.2) is 9.84 Å². The molecule has 1 saturated heterocycles. The number of benzene rings is 1. The van der Waals surface area contributed by atoms with Crippen LogP contribution in [0.2, 0.25) is 0 Å². The van der Waals surface area contributed by atoms with Gasteiger partial charge in [-0.1, -0.05) is 19.1 Å². The maximum absolute atomic E-state index is 13.4. The third-order valence-corrected chi connectivity index (χ3v) is 9.76. The molecule has 5 rings (SSSR count). The molecule has 1 aliphatic heterocycles.